The van der Waals surface area contributed by atoms with E-state index in [1.165, 1.54) is 0 Å². The summed E-state index contributed by atoms with van der Waals surface area (Å²) in [6, 6.07) is 8.81. The number of hydrogen-bond acceptors (Lipinski definition) is 6. The fourth-order valence-electron chi connectivity index (χ4n) is 5.26. The molecule has 3 aromatic rings. The van der Waals surface area contributed by atoms with Crippen molar-refractivity contribution >= 4 is 0 Å². The summed E-state index contributed by atoms with van der Waals surface area (Å²) in [5, 5.41) is 26.6. The molecule has 7 nitrogen and oxygen atoms in total. The molecule has 0 radical (unpaired) electrons. The van der Waals surface area contributed by atoms with Crippen LogP contribution in [0.4, 0.5) is 4.39 Å². The molecule has 2 aliphatic rings. The van der Waals surface area contributed by atoms with Crippen molar-refractivity contribution in [1.82, 2.24) is 25.3 Å². The van der Waals surface area contributed by atoms with Crippen molar-refractivity contribution in [1.29, 1.82) is 0 Å². The van der Waals surface area contributed by atoms with Crippen LogP contribution in [-0.2, 0) is 7.05 Å². The molecular weight excluding hydrogens is 409 g/mol. The molecule has 4 heterocycles. The number of aromatic nitrogens is 4. The number of aryl methyl sites for hydroxylation is 1. The normalized spacial score (nSPS) is 29.6. The summed E-state index contributed by atoms with van der Waals surface area (Å²) >= 11 is 0. The summed E-state index contributed by atoms with van der Waals surface area (Å²) in [5.41, 5.74) is 2.15. The number of alkyl halides is 1. The Morgan fingerprint density at radius 2 is 2.00 bits per heavy atom. The average molecular weight is 438 g/mol. The number of phenolic OH excluding ortho intramolecular Hbond substituents is 1. The fraction of sp³-hybridized carbons (Fsp3) is 0.458. The number of aromatic hydroxyl groups is 1. The first kappa shape index (κ1) is 20.9. The van der Waals surface area contributed by atoms with Gasteiger partial charge in [-0.25, -0.2) is 4.39 Å². The van der Waals surface area contributed by atoms with Crippen molar-refractivity contribution in [3.05, 3.63) is 42.7 Å². The van der Waals surface area contributed by atoms with Gasteiger partial charge >= 0.3 is 0 Å². The molecule has 5 rings (SSSR count). The minimum Gasteiger partial charge on any atom is -0.507 e. The van der Waals surface area contributed by atoms with Crippen LogP contribution in [0.15, 0.2) is 42.7 Å². The summed E-state index contributed by atoms with van der Waals surface area (Å²) < 4.78 is 22.9. The number of ether oxygens (including phenoxy) is 1. The molecule has 0 unspecified atom stereocenters. The van der Waals surface area contributed by atoms with Crippen LogP contribution in [0.25, 0.3) is 22.4 Å². The number of halogens is 1. The first-order valence-electron chi connectivity index (χ1n) is 11.0. The number of piperidine rings is 2. The number of benzene rings is 1. The number of nitrogens with zero attached hydrogens (tertiary/aromatic N) is 4. The lowest BCUT2D eigenvalue weighted by Crippen LogP contribution is -2.71. The van der Waals surface area contributed by atoms with Crippen molar-refractivity contribution < 1.29 is 14.2 Å². The van der Waals surface area contributed by atoms with E-state index < -0.39 is 17.8 Å². The van der Waals surface area contributed by atoms with Crippen molar-refractivity contribution in [2.24, 2.45) is 7.05 Å². The second-order valence-corrected chi connectivity index (χ2v) is 9.61. The molecule has 2 fully saturated rings. The number of fused-ring (bicyclic) bond motifs is 2. The Morgan fingerprint density at radius 3 is 2.69 bits per heavy atom. The first-order chi connectivity index (χ1) is 15.2. The molecule has 0 spiro atoms. The third kappa shape index (κ3) is 3.72. The largest absolute Gasteiger partial charge is 0.507 e. The summed E-state index contributed by atoms with van der Waals surface area (Å²) in [5.74, 6) is 0.394. The average Bonchev–Trinajstić information content (AvgIpc) is 3.19. The van der Waals surface area contributed by atoms with Gasteiger partial charge in [-0.15, -0.1) is 10.2 Å². The van der Waals surface area contributed by atoms with Crippen LogP contribution in [0.5, 0.6) is 11.6 Å². The van der Waals surface area contributed by atoms with Crippen LogP contribution in [-0.4, -0.2) is 48.4 Å². The van der Waals surface area contributed by atoms with Gasteiger partial charge in [0.2, 0.25) is 5.88 Å². The van der Waals surface area contributed by atoms with E-state index in [1.54, 1.807) is 35.1 Å². The number of hydrogen-bond donors (Lipinski definition) is 2. The van der Waals surface area contributed by atoms with Gasteiger partial charge in [0.25, 0.3) is 0 Å². The molecule has 8 heteroatoms. The monoisotopic (exact) mass is 437 g/mol. The van der Waals surface area contributed by atoms with Crippen molar-refractivity contribution in [2.75, 3.05) is 0 Å². The highest BCUT2D eigenvalue weighted by molar-refractivity contribution is 5.73. The molecule has 1 aromatic carbocycles. The van der Waals surface area contributed by atoms with Gasteiger partial charge < -0.3 is 15.2 Å². The Hall–Kier alpha value is -3.00. The molecule has 168 valence electrons. The first-order valence-corrected chi connectivity index (χ1v) is 11.0. The van der Waals surface area contributed by atoms with E-state index in [-0.39, 0.29) is 11.3 Å². The predicted molar refractivity (Wildman–Crippen MR) is 119 cm³/mol. The molecule has 0 saturated carbocycles. The smallest absolute Gasteiger partial charge is 0.233 e. The minimum atomic E-state index is -1.12. The van der Waals surface area contributed by atoms with Gasteiger partial charge in [0, 0.05) is 42.4 Å². The van der Waals surface area contributed by atoms with Gasteiger partial charge in [-0.1, -0.05) is 6.07 Å². The quantitative estimate of drug-likeness (QED) is 0.641. The van der Waals surface area contributed by atoms with Crippen LogP contribution in [0.1, 0.15) is 39.5 Å². The van der Waals surface area contributed by atoms with Gasteiger partial charge in [-0.05, 0) is 56.9 Å². The standard InChI is InChI=1S/C24H28FN5O2/c1-23-9-4-10-24(2,29-23)22(25)20(12-23)32-21-8-7-18(27-28-21)17-6-5-15(11-19(17)31)16-13-26-30(3)14-16/h5-8,11,13-14,20,22,29,31H,4,9-10,12H2,1-3H3/t20-,22-,23-,24+/m1/s1. The van der Waals surface area contributed by atoms with E-state index in [4.69, 9.17) is 4.74 Å². The Balaban J connectivity index is 1.33. The Morgan fingerprint density at radius 1 is 1.16 bits per heavy atom. The van der Waals surface area contributed by atoms with E-state index in [0.29, 0.717) is 23.6 Å². The Labute approximate surface area is 186 Å². The lowest BCUT2D eigenvalue weighted by atomic mass is 9.69. The van der Waals surface area contributed by atoms with E-state index in [0.717, 1.165) is 30.4 Å². The van der Waals surface area contributed by atoms with Gasteiger partial charge in [0.15, 0.2) is 6.17 Å². The highest BCUT2D eigenvalue weighted by Gasteiger charge is 2.53. The molecule has 2 saturated heterocycles. The zero-order valence-corrected chi connectivity index (χ0v) is 18.5. The van der Waals surface area contributed by atoms with Gasteiger partial charge in [0.1, 0.15) is 11.9 Å². The maximum absolute atomic E-state index is 15.3. The third-order valence-electron chi connectivity index (χ3n) is 6.82. The SMILES string of the molecule is Cn1cc(-c2ccc(-c3ccc(O[C@@H]4C[C@@]5(C)CCC[C@](C)(N5)[C@@H]4F)nn3)c(O)c2)cn1. The lowest BCUT2D eigenvalue weighted by molar-refractivity contribution is -0.0626. The van der Waals surface area contributed by atoms with E-state index in [9.17, 15) is 5.11 Å². The minimum absolute atomic E-state index is 0.102. The number of nitrogens with one attached hydrogen (secondary N) is 1. The Kier molecular flexibility index (Phi) is 4.93. The highest BCUT2D eigenvalue weighted by atomic mass is 19.1. The summed E-state index contributed by atoms with van der Waals surface area (Å²) in [6.45, 7) is 4.08. The van der Waals surface area contributed by atoms with E-state index in [2.05, 4.69) is 27.5 Å². The van der Waals surface area contributed by atoms with Gasteiger partial charge in [-0.3, -0.25) is 4.68 Å². The predicted octanol–water partition coefficient (Wildman–Crippen LogP) is 4.03. The second-order valence-electron chi connectivity index (χ2n) is 9.61. The summed E-state index contributed by atoms with van der Waals surface area (Å²) in [7, 11) is 1.85. The molecule has 2 aliphatic heterocycles. The topological polar surface area (TPSA) is 85.1 Å². The molecule has 0 amide bonds. The lowest BCUT2D eigenvalue weighted by Gasteiger charge is -2.54. The van der Waals surface area contributed by atoms with Gasteiger partial charge in [0.05, 0.1) is 17.4 Å². The van der Waals surface area contributed by atoms with E-state index in [1.807, 2.05) is 26.2 Å². The molecule has 4 atom stereocenters. The summed E-state index contributed by atoms with van der Waals surface area (Å²) in [6.07, 6.45) is 5.34. The molecule has 2 aromatic heterocycles. The summed E-state index contributed by atoms with van der Waals surface area (Å²) in [4.78, 5) is 0. The maximum atomic E-state index is 15.3. The van der Waals surface area contributed by atoms with Crippen LogP contribution in [0, 0.1) is 0 Å². The Bertz CT molecular complexity index is 1130. The molecule has 0 aliphatic carbocycles. The van der Waals surface area contributed by atoms with Crippen molar-refractivity contribution in [3.63, 3.8) is 0 Å². The van der Waals surface area contributed by atoms with E-state index >= 15 is 4.39 Å². The zero-order valence-electron chi connectivity index (χ0n) is 18.5. The molecule has 32 heavy (non-hydrogen) atoms. The highest BCUT2D eigenvalue weighted by Crippen LogP contribution is 2.42. The van der Waals surface area contributed by atoms with Crippen LogP contribution < -0.4 is 10.1 Å². The van der Waals surface area contributed by atoms with Gasteiger partial charge in [-0.2, -0.15) is 5.10 Å². The number of rotatable bonds is 4. The second kappa shape index (κ2) is 7.55. The van der Waals surface area contributed by atoms with Crippen LogP contribution >= 0.6 is 0 Å². The van der Waals surface area contributed by atoms with Crippen molar-refractivity contribution in [2.45, 2.75) is 62.9 Å². The molecular formula is C24H28FN5O2. The fourth-order valence-corrected chi connectivity index (χ4v) is 5.26. The molecule has 2 N–H and O–H groups in total. The van der Waals surface area contributed by atoms with Crippen molar-refractivity contribution in [3.8, 4) is 34.0 Å². The third-order valence-corrected chi connectivity index (χ3v) is 6.82. The maximum Gasteiger partial charge on any atom is 0.233 e. The van der Waals surface area contributed by atoms with Crippen LogP contribution in [0.3, 0.4) is 0 Å². The molecule has 2 bridgehead atoms. The number of phenols is 1. The zero-order chi connectivity index (χ0) is 22.5. The van der Waals surface area contributed by atoms with Crippen LogP contribution in [0.2, 0.25) is 0 Å².